The highest BCUT2D eigenvalue weighted by Crippen LogP contribution is 2.24. The Labute approximate surface area is 134 Å². The summed E-state index contributed by atoms with van der Waals surface area (Å²) in [6, 6.07) is 5.93. The summed E-state index contributed by atoms with van der Waals surface area (Å²) in [5, 5.41) is 3.34. The largest absolute Gasteiger partial charge is 0.464 e. The van der Waals surface area contributed by atoms with E-state index >= 15 is 0 Å². The molecular formula is C19H29NO2. The second kappa shape index (κ2) is 8.21. The van der Waals surface area contributed by atoms with Crippen LogP contribution in [0.4, 0.5) is 5.69 Å². The lowest BCUT2D eigenvalue weighted by molar-refractivity contribution is -0.145. The number of aryl methyl sites for hydroxylation is 2. The number of esters is 1. The minimum atomic E-state index is -0.310. The summed E-state index contributed by atoms with van der Waals surface area (Å²) in [6.45, 7) is 6.67. The molecule has 1 saturated carbocycles. The zero-order valence-electron chi connectivity index (χ0n) is 14.2. The molecule has 0 spiro atoms. The van der Waals surface area contributed by atoms with Crippen molar-refractivity contribution in [2.45, 2.75) is 65.3 Å². The van der Waals surface area contributed by atoms with Gasteiger partial charge >= 0.3 is 5.97 Å². The molecule has 2 rings (SSSR count). The lowest BCUT2D eigenvalue weighted by Crippen LogP contribution is -2.30. The van der Waals surface area contributed by atoms with Crippen LogP contribution in [0.15, 0.2) is 18.2 Å². The van der Waals surface area contributed by atoms with Crippen molar-refractivity contribution in [1.82, 2.24) is 0 Å². The summed E-state index contributed by atoms with van der Waals surface area (Å²) in [5.41, 5.74) is 3.49. The molecule has 0 aromatic heterocycles. The van der Waals surface area contributed by atoms with Crippen LogP contribution in [0.2, 0.25) is 0 Å². The Morgan fingerprint density at radius 1 is 1.32 bits per heavy atom. The third-order valence-electron chi connectivity index (χ3n) is 4.64. The molecule has 3 heteroatoms. The molecule has 1 fully saturated rings. The molecule has 1 unspecified atom stereocenters. The Morgan fingerprint density at radius 2 is 2.05 bits per heavy atom. The zero-order chi connectivity index (χ0) is 15.9. The summed E-state index contributed by atoms with van der Waals surface area (Å²) < 4.78 is 5.53. The molecule has 1 N–H and O–H groups in total. The van der Waals surface area contributed by atoms with E-state index in [0.29, 0.717) is 12.5 Å². The number of nitrogens with one attached hydrogen (secondary N) is 1. The molecule has 0 radical (unpaired) electrons. The number of anilines is 1. The number of carbonyl (C=O) groups excluding carboxylic acids is 1. The first-order valence-corrected chi connectivity index (χ1v) is 8.63. The van der Waals surface area contributed by atoms with Crippen molar-refractivity contribution >= 4 is 11.7 Å². The molecule has 122 valence electrons. The second-order valence-electron chi connectivity index (χ2n) is 6.46. The van der Waals surface area contributed by atoms with Gasteiger partial charge < -0.3 is 10.1 Å². The monoisotopic (exact) mass is 303 g/mol. The highest BCUT2D eigenvalue weighted by Gasteiger charge is 2.20. The second-order valence-corrected chi connectivity index (χ2v) is 6.46. The Kier molecular flexibility index (Phi) is 6.29. The molecule has 0 bridgehead atoms. The zero-order valence-corrected chi connectivity index (χ0v) is 14.2. The van der Waals surface area contributed by atoms with Crippen LogP contribution in [-0.2, 0) is 16.0 Å². The van der Waals surface area contributed by atoms with E-state index in [0.717, 1.165) is 12.1 Å². The minimum Gasteiger partial charge on any atom is -0.464 e. The smallest absolute Gasteiger partial charge is 0.328 e. The van der Waals surface area contributed by atoms with E-state index in [1.54, 1.807) is 0 Å². The number of ether oxygens (including phenoxy) is 1. The van der Waals surface area contributed by atoms with Crippen molar-refractivity contribution in [3.05, 3.63) is 29.3 Å². The molecule has 0 heterocycles. The number of hydrogen-bond acceptors (Lipinski definition) is 3. The first-order chi connectivity index (χ1) is 10.6. The quantitative estimate of drug-likeness (QED) is 0.787. The molecule has 1 aliphatic rings. The van der Waals surface area contributed by atoms with Gasteiger partial charge in [0.15, 0.2) is 0 Å². The highest BCUT2D eigenvalue weighted by molar-refractivity contribution is 5.79. The summed E-state index contributed by atoms with van der Waals surface area (Å²) in [6.07, 6.45) is 7.24. The lowest BCUT2D eigenvalue weighted by Gasteiger charge is -2.23. The average molecular weight is 303 g/mol. The molecule has 1 aromatic rings. The minimum absolute atomic E-state index is 0.143. The Balaban J connectivity index is 1.88. The van der Waals surface area contributed by atoms with Gasteiger partial charge in [0, 0.05) is 5.69 Å². The third kappa shape index (κ3) is 4.49. The highest BCUT2D eigenvalue weighted by atomic mass is 16.5. The summed E-state index contributed by atoms with van der Waals surface area (Å²) in [7, 11) is 0. The molecule has 22 heavy (non-hydrogen) atoms. The number of rotatable bonds is 6. The number of benzene rings is 1. The van der Waals surface area contributed by atoms with Crippen molar-refractivity contribution < 1.29 is 9.53 Å². The van der Waals surface area contributed by atoms with Gasteiger partial charge in [0.1, 0.15) is 6.04 Å². The Hall–Kier alpha value is -1.51. The van der Waals surface area contributed by atoms with Crippen molar-refractivity contribution in [3.8, 4) is 0 Å². The molecule has 1 aromatic carbocycles. The van der Waals surface area contributed by atoms with Crippen LogP contribution in [-0.4, -0.2) is 18.6 Å². The van der Waals surface area contributed by atoms with Crippen molar-refractivity contribution in [1.29, 1.82) is 0 Å². The lowest BCUT2D eigenvalue weighted by atomic mass is 9.90. The van der Waals surface area contributed by atoms with E-state index in [2.05, 4.69) is 37.4 Å². The molecule has 1 aliphatic carbocycles. The van der Waals surface area contributed by atoms with Gasteiger partial charge in [0.25, 0.3) is 0 Å². The molecular weight excluding hydrogens is 274 g/mol. The van der Waals surface area contributed by atoms with E-state index < -0.39 is 0 Å². The first kappa shape index (κ1) is 16.9. The summed E-state index contributed by atoms with van der Waals surface area (Å²) >= 11 is 0. The Bertz CT molecular complexity index is 492. The number of para-hydroxylation sites is 1. The predicted octanol–water partition coefficient (Wildman–Crippen LogP) is 4.48. The van der Waals surface area contributed by atoms with Gasteiger partial charge in [-0.2, -0.15) is 0 Å². The van der Waals surface area contributed by atoms with E-state index in [4.69, 9.17) is 4.74 Å². The van der Waals surface area contributed by atoms with Crippen molar-refractivity contribution in [3.63, 3.8) is 0 Å². The van der Waals surface area contributed by atoms with Crippen molar-refractivity contribution in [2.24, 2.45) is 5.92 Å². The van der Waals surface area contributed by atoms with Crippen LogP contribution in [0.1, 0.15) is 57.1 Å². The third-order valence-corrected chi connectivity index (χ3v) is 4.64. The SMILES string of the molecule is CCc1cccc(C)c1NC(C)C(=O)OCC1CCCCC1. The first-order valence-electron chi connectivity index (χ1n) is 8.63. The predicted molar refractivity (Wildman–Crippen MR) is 91.2 cm³/mol. The van der Waals surface area contributed by atoms with Crippen LogP contribution in [0.5, 0.6) is 0 Å². The molecule has 0 aliphatic heterocycles. The van der Waals surface area contributed by atoms with E-state index in [1.165, 1.54) is 43.2 Å². The maximum absolute atomic E-state index is 12.2. The Morgan fingerprint density at radius 3 is 2.73 bits per heavy atom. The summed E-state index contributed by atoms with van der Waals surface area (Å²) in [4.78, 5) is 12.2. The average Bonchev–Trinajstić information content (AvgIpc) is 2.55. The standard InChI is InChI=1S/C19H29NO2/c1-4-17-12-8-9-14(2)18(17)20-15(3)19(21)22-13-16-10-6-5-7-11-16/h8-9,12,15-16,20H,4-7,10-11,13H2,1-3H3. The van der Waals surface area contributed by atoms with Gasteiger partial charge in [-0.25, -0.2) is 4.79 Å². The fraction of sp³-hybridized carbons (Fsp3) is 0.632. The van der Waals surface area contributed by atoms with Gasteiger partial charge in [0.2, 0.25) is 0 Å². The van der Waals surface area contributed by atoms with Crippen LogP contribution >= 0.6 is 0 Å². The van der Waals surface area contributed by atoms with Gasteiger partial charge in [-0.05, 0) is 50.2 Å². The van der Waals surface area contributed by atoms with Crippen LogP contribution in [0, 0.1) is 12.8 Å². The maximum Gasteiger partial charge on any atom is 0.328 e. The number of hydrogen-bond donors (Lipinski definition) is 1. The van der Waals surface area contributed by atoms with E-state index in [-0.39, 0.29) is 12.0 Å². The fourth-order valence-corrected chi connectivity index (χ4v) is 3.18. The normalized spacial score (nSPS) is 17.0. The molecule has 1 atom stereocenters. The van der Waals surface area contributed by atoms with Crippen LogP contribution < -0.4 is 5.32 Å². The maximum atomic E-state index is 12.2. The number of carbonyl (C=O) groups is 1. The molecule has 0 amide bonds. The van der Waals surface area contributed by atoms with E-state index in [9.17, 15) is 4.79 Å². The van der Waals surface area contributed by atoms with Crippen LogP contribution in [0.3, 0.4) is 0 Å². The topological polar surface area (TPSA) is 38.3 Å². The fourth-order valence-electron chi connectivity index (χ4n) is 3.18. The van der Waals surface area contributed by atoms with Gasteiger partial charge in [-0.15, -0.1) is 0 Å². The molecule has 3 nitrogen and oxygen atoms in total. The van der Waals surface area contributed by atoms with E-state index in [1.807, 2.05) is 6.92 Å². The van der Waals surface area contributed by atoms with Gasteiger partial charge in [-0.3, -0.25) is 0 Å². The summed E-state index contributed by atoms with van der Waals surface area (Å²) in [5.74, 6) is 0.422. The van der Waals surface area contributed by atoms with Gasteiger partial charge in [0.05, 0.1) is 6.61 Å². The molecule has 0 saturated heterocycles. The van der Waals surface area contributed by atoms with Crippen molar-refractivity contribution in [2.75, 3.05) is 11.9 Å². The van der Waals surface area contributed by atoms with Gasteiger partial charge in [-0.1, -0.05) is 44.4 Å². The van der Waals surface area contributed by atoms with Crippen LogP contribution in [0.25, 0.3) is 0 Å².